The number of ketones is 1. The molecule has 0 N–H and O–H groups in total. The second-order valence-electron chi connectivity index (χ2n) is 4.86. The molecule has 0 bridgehead atoms. The molecule has 1 amide bonds. The molecule has 1 aliphatic heterocycles. The number of aromatic nitrogens is 1. The van der Waals surface area contributed by atoms with Crippen LogP contribution in [0.3, 0.4) is 0 Å². The van der Waals surface area contributed by atoms with Gasteiger partial charge in [0.1, 0.15) is 0 Å². The molecule has 0 unspecified atom stereocenters. The van der Waals surface area contributed by atoms with Crippen molar-refractivity contribution in [3.63, 3.8) is 0 Å². The monoisotopic (exact) mass is 288 g/mol. The lowest BCUT2D eigenvalue weighted by molar-refractivity contribution is -0.117. The van der Waals surface area contributed by atoms with E-state index in [0.29, 0.717) is 17.1 Å². The number of halogens is 1. The number of aryl methyl sites for hydroxylation is 1. The molecule has 3 rings (SSSR count). The Kier molecular flexibility index (Phi) is 3.10. The van der Waals surface area contributed by atoms with E-state index in [0.717, 1.165) is 11.3 Å². The van der Waals surface area contributed by atoms with Crippen LogP contribution in [0.4, 0.5) is 5.69 Å². The molecular weight excluding hydrogens is 276 g/mol. The van der Waals surface area contributed by atoms with Crippen molar-refractivity contribution in [1.82, 2.24) is 4.57 Å². The third-order valence-corrected chi connectivity index (χ3v) is 3.75. The van der Waals surface area contributed by atoms with Crippen LogP contribution in [0.1, 0.15) is 16.1 Å². The molecule has 0 saturated heterocycles. The number of amides is 1. The highest BCUT2D eigenvalue weighted by Crippen LogP contribution is 2.31. The van der Waals surface area contributed by atoms with Gasteiger partial charge in [0.15, 0.2) is 5.78 Å². The zero-order valence-electron chi connectivity index (χ0n) is 11.0. The minimum Gasteiger partial charge on any atom is -0.348 e. The van der Waals surface area contributed by atoms with Crippen LogP contribution < -0.4 is 4.90 Å². The van der Waals surface area contributed by atoms with Crippen LogP contribution in [0, 0.1) is 0 Å². The lowest BCUT2D eigenvalue weighted by atomic mass is 10.2. The fraction of sp³-hybridized carbons (Fsp3) is 0.200. The zero-order chi connectivity index (χ0) is 14.3. The van der Waals surface area contributed by atoms with Crippen molar-refractivity contribution in [3.8, 4) is 0 Å². The SMILES string of the molecule is Cn1cccc1C(=O)CN1C(=O)Cc2ccc(Cl)cc21. The van der Waals surface area contributed by atoms with E-state index in [2.05, 4.69) is 0 Å². The van der Waals surface area contributed by atoms with Gasteiger partial charge >= 0.3 is 0 Å². The summed E-state index contributed by atoms with van der Waals surface area (Å²) in [6, 6.07) is 8.89. The molecule has 0 radical (unpaired) electrons. The van der Waals surface area contributed by atoms with Crippen molar-refractivity contribution in [3.05, 3.63) is 52.8 Å². The van der Waals surface area contributed by atoms with Crippen LogP contribution in [0.25, 0.3) is 0 Å². The summed E-state index contributed by atoms with van der Waals surface area (Å²) in [7, 11) is 1.81. The first-order valence-corrected chi connectivity index (χ1v) is 6.67. The van der Waals surface area contributed by atoms with Gasteiger partial charge in [0.25, 0.3) is 0 Å². The van der Waals surface area contributed by atoms with Crippen LogP contribution in [-0.2, 0) is 18.3 Å². The predicted molar refractivity (Wildman–Crippen MR) is 77.3 cm³/mol. The molecule has 1 aromatic heterocycles. The highest BCUT2D eigenvalue weighted by molar-refractivity contribution is 6.31. The number of hydrogen-bond acceptors (Lipinski definition) is 2. The highest BCUT2D eigenvalue weighted by Gasteiger charge is 2.29. The molecule has 0 spiro atoms. The Bertz CT molecular complexity index is 706. The second-order valence-corrected chi connectivity index (χ2v) is 5.29. The van der Waals surface area contributed by atoms with Crippen LogP contribution in [0.15, 0.2) is 36.5 Å². The molecule has 20 heavy (non-hydrogen) atoms. The Morgan fingerprint density at radius 2 is 2.15 bits per heavy atom. The van der Waals surface area contributed by atoms with Crippen molar-refractivity contribution in [2.45, 2.75) is 6.42 Å². The van der Waals surface area contributed by atoms with Gasteiger partial charge in [-0.05, 0) is 29.8 Å². The fourth-order valence-electron chi connectivity index (χ4n) is 2.48. The summed E-state index contributed by atoms with van der Waals surface area (Å²) in [5, 5.41) is 0.565. The summed E-state index contributed by atoms with van der Waals surface area (Å²) < 4.78 is 1.75. The average molecular weight is 289 g/mol. The minimum atomic E-state index is -0.0846. The molecule has 1 aliphatic rings. The van der Waals surface area contributed by atoms with Crippen molar-refractivity contribution < 1.29 is 9.59 Å². The molecule has 0 atom stereocenters. The quantitative estimate of drug-likeness (QED) is 0.814. The van der Waals surface area contributed by atoms with E-state index in [-0.39, 0.29) is 18.2 Å². The van der Waals surface area contributed by atoms with E-state index in [9.17, 15) is 9.59 Å². The molecule has 5 heteroatoms. The van der Waals surface area contributed by atoms with Crippen LogP contribution in [0.2, 0.25) is 5.02 Å². The summed E-state index contributed by atoms with van der Waals surface area (Å²) in [5.41, 5.74) is 2.25. The molecule has 4 nitrogen and oxygen atoms in total. The summed E-state index contributed by atoms with van der Waals surface area (Å²) in [6.45, 7) is 0.0457. The Balaban J connectivity index is 1.89. The number of nitrogens with zero attached hydrogens (tertiary/aromatic N) is 2. The lowest BCUT2D eigenvalue weighted by Gasteiger charge is -2.17. The van der Waals surface area contributed by atoms with Gasteiger partial charge in [0.2, 0.25) is 5.91 Å². The summed E-state index contributed by atoms with van der Waals surface area (Å²) >= 11 is 5.97. The molecule has 2 aromatic rings. The zero-order valence-corrected chi connectivity index (χ0v) is 11.7. The second kappa shape index (κ2) is 4.80. The maximum atomic E-state index is 12.3. The Morgan fingerprint density at radius 3 is 2.85 bits per heavy atom. The fourth-order valence-corrected chi connectivity index (χ4v) is 2.65. The van der Waals surface area contributed by atoms with Gasteiger partial charge in [-0.2, -0.15) is 0 Å². The van der Waals surface area contributed by atoms with Crippen LogP contribution in [0.5, 0.6) is 0 Å². The molecule has 1 aromatic carbocycles. The maximum Gasteiger partial charge on any atom is 0.231 e. The molecule has 0 saturated carbocycles. The highest BCUT2D eigenvalue weighted by atomic mass is 35.5. The van der Waals surface area contributed by atoms with Crippen molar-refractivity contribution in [2.75, 3.05) is 11.4 Å². The van der Waals surface area contributed by atoms with Gasteiger partial charge in [-0.3, -0.25) is 9.59 Å². The van der Waals surface area contributed by atoms with Crippen molar-refractivity contribution >= 4 is 29.0 Å². The van der Waals surface area contributed by atoms with Gasteiger partial charge in [-0.1, -0.05) is 17.7 Å². The van der Waals surface area contributed by atoms with Gasteiger partial charge in [0.05, 0.1) is 18.7 Å². The number of hydrogen-bond donors (Lipinski definition) is 0. The van der Waals surface area contributed by atoms with Crippen LogP contribution >= 0.6 is 11.6 Å². The van der Waals surface area contributed by atoms with E-state index in [1.165, 1.54) is 4.90 Å². The number of anilines is 1. The molecule has 102 valence electrons. The summed E-state index contributed by atoms with van der Waals surface area (Å²) in [4.78, 5) is 25.8. The topological polar surface area (TPSA) is 42.3 Å². The number of rotatable bonds is 3. The van der Waals surface area contributed by atoms with Crippen LogP contribution in [-0.4, -0.2) is 22.8 Å². The maximum absolute atomic E-state index is 12.3. The van der Waals surface area contributed by atoms with E-state index < -0.39 is 0 Å². The smallest absolute Gasteiger partial charge is 0.231 e. The van der Waals surface area contributed by atoms with Crippen molar-refractivity contribution in [1.29, 1.82) is 0 Å². The Hall–Kier alpha value is -2.07. The van der Waals surface area contributed by atoms with E-state index in [4.69, 9.17) is 11.6 Å². The van der Waals surface area contributed by atoms with Gasteiger partial charge in [-0.25, -0.2) is 0 Å². The van der Waals surface area contributed by atoms with Gasteiger partial charge in [0, 0.05) is 24.0 Å². The summed E-state index contributed by atoms with van der Waals surface area (Å²) in [6.07, 6.45) is 2.14. The van der Waals surface area contributed by atoms with E-state index >= 15 is 0 Å². The first kappa shape index (κ1) is 12.9. The Morgan fingerprint density at radius 1 is 1.35 bits per heavy atom. The molecule has 0 fully saturated rings. The largest absolute Gasteiger partial charge is 0.348 e. The normalized spacial score (nSPS) is 13.7. The van der Waals surface area contributed by atoms with E-state index in [1.807, 2.05) is 25.4 Å². The van der Waals surface area contributed by atoms with Gasteiger partial charge < -0.3 is 9.47 Å². The molecule has 0 aliphatic carbocycles. The number of fused-ring (bicyclic) bond motifs is 1. The standard InChI is InChI=1S/C15H13ClN2O2/c1-17-6-2-3-12(17)14(19)9-18-13-8-11(16)5-4-10(13)7-15(18)20/h2-6,8H,7,9H2,1H3. The molecule has 2 heterocycles. The number of Topliss-reactive ketones (excluding diaryl/α,β-unsaturated/α-hetero) is 1. The molecular formula is C15H13ClN2O2. The number of carbonyl (C=O) groups is 2. The third-order valence-electron chi connectivity index (χ3n) is 3.51. The summed E-state index contributed by atoms with van der Waals surface area (Å²) in [5.74, 6) is -0.150. The van der Waals surface area contributed by atoms with Crippen molar-refractivity contribution in [2.24, 2.45) is 7.05 Å². The average Bonchev–Trinajstić information content (AvgIpc) is 2.95. The number of carbonyl (C=O) groups excluding carboxylic acids is 2. The minimum absolute atomic E-state index is 0.0457. The Labute approximate surface area is 121 Å². The number of benzene rings is 1. The van der Waals surface area contributed by atoms with E-state index in [1.54, 1.807) is 22.8 Å². The predicted octanol–water partition coefficient (Wildman–Crippen LogP) is 2.45. The first-order valence-electron chi connectivity index (χ1n) is 6.29. The lowest BCUT2D eigenvalue weighted by Crippen LogP contribution is -2.33. The van der Waals surface area contributed by atoms with Gasteiger partial charge in [-0.15, -0.1) is 0 Å². The first-order chi connectivity index (χ1) is 9.56. The third kappa shape index (κ3) is 2.12.